The first-order valence-corrected chi connectivity index (χ1v) is 16.7. The fourth-order valence-electron chi connectivity index (χ4n) is 6.26. The number of rotatable bonds is 14. The van der Waals surface area contributed by atoms with Crippen LogP contribution in [0.25, 0.3) is 0 Å². The van der Waals surface area contributed by atoms with Gasteiger partial charge in [0.25, 0.3) is 0 Å². The van der Waals surface area contributed by atoms with E-state index in [2.05, 4.69) is 0 Å². The SMILES string of the molecule is CCOC(=O)[C@@]1(O)C(=O)Cc2cc(OC)c(OCc3ccccc3)cc2[C@@H]1c1cc(OC)c(OCc2ccccc2)c(OCc2ccccc2)c1. The lowest BCUT2D eigenvalue weighted by atomic mass is 9.67. The van der Waals surface area contributed by atoms with E-state index in [1.807, 2.05) is 91.0 Å². The molecular formula is C42H40O9. The Bertz CT molecular complexity index is 1960. The van der Waals surface area contributed by atoms with Crippen molar-refractivity contribution in [3.8, 4) is 28.7 Å². The quantitative estimate of drug-likeness (QED) is 0.0975. The van der Waals surface area contributed by atoms with Gasteiger partial charge in [0.05, 0.1) is 26.7 Å². The van der Waals surface area contributed by atoms with E-state index in [9.17, 15) is 14.7 Å². The second kappa shape index (κ2) is 15.8. The molecule has 0 spiro atoms. The summed E-state index contributed by atoms with van der Waals surface area (Å²) in [5, 5.41) is 12.3. The number of methoxy groups -OCH3 is 2. The number of benzene rings is 5. The predicted octanol–water partition coefficient (Wildman–Crippen LogP) is 6.99. The molecule has 1 N–H and O–H groups in total. The normalized spacial score (nSPS) is 16.5. The van der Waals surface area contributed by atoms with Crippen LogP contribution in [0.5, 0.6) is 28.7 Å². The van der Waals surface area contributed by atoms with Gasteiger partial charge in [-0.2, -0.15) is 0 Å². The first-order valence-electron chi connectivity index (χ1n) is 16.7. The van der Waals surface area contributed by atoms with E-state index in [-0.39, 0.29) is 38.6 Å². The smallest absolute Gasteiger partial charge is 0.347 e. The van der Waals surface area contributed by atoms with E-state index in [1.54, 1.807) is 31.2 Å². The van der Waals surface area contributed by atoms with Gasteiger partial charge >= 0.3 is 5.97 Å². The van der Waals surface area contributed by atoms with E-state index >= 15 is 0 Å². The Balaban J connectivity index is 1.50. The van der Waals surface area contributed by atoms with Crippen molar-refractivity contribution in [2.24, 2.45) is 0 Å². The molecule has 0 saturated carbocycles. The van der Waals surface area contributed by atoms with Crippen LogP contribution in [0.15, 0.2) is 115 Å². The van der Waals surface area contributed by atoms with Gasteiger partial charge in [0.1, 0.15) is 19.8 Å². The number of fused-ring (bicyclic) bond motifs is 1. The highest BCUT2D eigenvalue weighted by atomic mass is 16.6. The fraction of sp³-hybridized carbons (Fsp3) is 0.238. The number of hydrogen-bond acceptors (Lipinski definition) is 9. The number of carbonyl (C=O) groups is 2. The van der Waals surface area contributed by atoms with Gasteiger partial charge in [0.2, 0.25) is 11.4 Å². The van der Waals surface area contributed by atoms with Crippen LogP contribution in [-0.4, -0.2) is 43.3 Å². The number of hydrogen-bond donors (Lipinski definition) is 1. The average Bonchev–Trinajstić information content (AvgIpc) is 3.17. The van der Waals surface area contributed by atoms with Gasteiger partial charge in [-0.1, -0.05) is 91.0 Å². The highest BCUT2D eigenvalue weighted by Gasteiger charge is 2.56. The van der Waals surface area contributed by atoms with Gasteiger partial charge in [-0.25, -0.2) is 4.79 Å². The Kier molecular flexibility index (Phi) is 10.9. The lowest BCUT2D eigenvalue weighted by Crippen LogP contribution is -2.56. The summed E-state index contributed by atoms with van der Waals surface area (Å²) >= 11 is 0. The summed E-state index contributed by atoms with van der Waals surface area (Å²) in [5.74, 6) is -1.32. The minimum absolute atomic E-state index is 0.0386. The van der Waals surface area contributed by atoms with Gasteiger partial charge < -0.3 is 33.5 Å². The topological polar surface area (TPSA) is 110 Å². The summed E-state index contributed by atoms with van der Waals surface area (Å²) in [6, 6.07) is 35.7. The van der Waals surface area contributed by atoms with Crippen molar-refractivity contribution in [3.05, 3.63) is 149 Å². The van der Waals surface area contributed by atoms with Crippen LogP contribution in [-0.2, 0) is 40.6 Å². The van der Waals surface area contributed by atoms with Crippen LogP contribution < -0.4 is 23.7 Å². The van der Waals surface area contributed by atoms with Crippen LogP contribution >= 0.6 is 0 Å². The highest BCUT2D eigenvalue weighted by Crippen LogP contribution is 2.50. The molecule has 0 unspecified atom stereocenters. The molecular weight excluding hydrogens is 648 g/mol. The van der Waals surface area contributed by atoms with E-state index < -0.39 is 23.3 Å². The first kappa shape index (κ1) is 35.0. The molecule has 0 bridgehead atoms. The molecule has 5 aromatic rings. The maximum atomic E-state index is 13.9. The second-order valence-electron chi connectivity index (χ2n) is 12.1. The van der Waals surface area contributed by atoms with Gasteiger partial charge in [-0.15, -0.1) is 0 Å². The Hall–Kier alpha value is -5.80. The molecule has 6 rings (SSSR count). The molecule has 0 fully saturated rings. The predicted molar refractivity (Wildman–Crippen MR) is 190 cm³/mol. The molecule has 0 heterocycles. The molecule has 0 aromatic heterocycles. The summed E-state index contributed by atoms with van der Waals surface area (Å²) in [5.41, 5.74) is 1.61. The Morgan fingerprint density at radius 2 is 1.20 bits per heavy atom. The third-order valence-corrected chi connectivity index (χ3v) is 8.81. The number of carbonyl (C=O) groups excluding carboxylic acids is 2. The lowest BCUT2D eigenvalue weighted by molar-refractivity contribution is -0.172. The molecule has 1 aliphatic rings. The summed E-state index contributed by atoms with van der Waals surface area (Å²) in [6.07, 6.45) is -0.233. The fourth-order valence-corrected chi connectivity index (χ4v) is 6.26. The summed E-state index contributed by atoms with van der Waals surface area (Å²) in [7, 11) is 3.01. The van der Waals surface area contributed by atoms with Crippen molar-refractivity contribution >= 4 is 11.8 Å². The molecule has 9 nitrogen and oxygen atoms in total. The van der Waals surface area contributed by atoms with Gasteiger partial charge in [0, 0.05) is 6.42 Å². The molecule has 2 atom stereocenters. The van der Waals surface area contributed by atoms with Crippen molar-refractivity contribution in [1.29, 1.82) is 0 Å². The van der Waals surface area contributed by atoms with Crippen molar-refractivity contribution in [3.63, 3.8) is 0 Å². The van der Waals surface area contributed by atoms with E-state index in [0.717, 1.165) is 16.7 Å². The molecule has 0 amide bonds. The molecule has 0 radical (unpaired) electrons. The highest BCUT2D eigenvalue weighted by molar-refractivity contribution is 6.11. The molecule has 0 saturated heterocycles. The minimum Gasteiger partial charge on any atom is -0.493 e. The molecule has 1 aliphatic carbocycles. The van der Waals surface area contributed by atoms with Gasteiger partial charge in [-0.05, 0) is 64.6 Å². The summed E-state index contributed by atoms with van der Waals surface area (Å²) < 4.78 is 35.8. The lowest BCUT2D eigenvalue weighted by Gasteiger charge is -2.38. The number of aliphatic hydroxyl groups is 1. The van der Waals surface area contributed by atoms with E-state index in [1.165, 1.54) is 14.2 Å². The third-order valence-electron chi connectivity index (χ3n) is 8.81. The van der Waals surface area contributed by atoms with Crippen molar-refractivity contribution in [2.45, 2.75) is 44.7 Å². The monoisotopic (exact) mass is 688 g/mol. The van der Waals surface area contributed by atoms with Crippen LogP contribution in [0.3, 0.4) is 0 Å². The van der Waals surface area contributed by atoms with Crippen molar-refractivity contribution < 1.29 is 43.1 Å². The van der Waals surface area contributed by atoms with Gasteiger partial charge in [-0.3, -0.25) is 4.79 Å². The Labute approximate surface area is 297 Å². The molecule has 51 heavy (non-hydrogen) atoms. The molecule has 9 heteroatoms. The van der Waals surface area contributed by atoms with Crippen molar-refractivity contribution in [2.75, 3.05) is 20.8 Å². The zero-order valence-electron chi connectivity index (χ0n) is 28.8. The molecule has 0 aliphatic heterocycles. The van der Waals surface area contributed by atoms with Crippen LogP contribution in [0, 0.1) is 0 Å². The standard InChI is InChI=1S/C42H40O9/c1-4-48-41(44)42(45)38(43)23-31-20-34(46-2)35(49-25-28-14-8-5-9-15-28)24-33(31)39(42)32-21-36(47-3)40(51-27-30-18-12-7-13-19-30)37(22-32)50-26-29-16-10-6-11-17-29/h5-22,24,39,45H,4,23,25-27H2,1-3H3/t39-,42+/m0/s1. The Morgan fingerprint density at radius 1 is 0.686 bits per heavy atom. The van der Waals surface area contributed by atoms with Crippen LogP contribution in [0.1, 0.15) is 46.2 Å². The first-order chi connectivity index (χ1) is 24.8. The summed E-state index contributed by atoms with van der Waals surface area (Å²) in [6.45, 7) is 2.22. The third kappa shape index (κ3) is 7.54. The number of esters is 1. The summed E-state index contributed by atoms with van der Waals surface area (Å²) in [4.78, 5) is 27.6. The minimum atomic E-state index is -2.58. The molecule has 5 aromatic carbocycles. The van der Waals surface area contributed by atoms with Crippen molar-refractivity contribution in [1.82, 2.24) is 0 Å². The number of Topliss-reactive ketones (excluding diaryl/α,β-unsaturated/α-hetero) is 1. The maximum absolute atomic E-state index is 13.9. The van der Waals surface area contributed by atoms with Crippen LogP contribution in [0.4, 0.5) is 0 Å². The number of ether oxygens (including phenoxy) is 6. The van der Waals surface area contributed by atoms with E-state index in [0.29, 0.717) is 39.7 Å². The zero-order valence-corrected chi connectivity index (χ0v) is 28.8. The maximum Gasteiger partial charge on any atom is 0.347 e. The van der Waals surface area contributed by atoms with Crippen LogP contribution in [0.2, 0.25) is 0 Å². The second-order valence-corrected chi connectivity index (χ2v) is 12.1. The number of ketones is 1. The average molecular weight is 689 g/mol. The Morgan fingerprint density at radius 3 is 1.73 bits per heavy atom. The largest absolute Gasteiger partial charge is 0.493 e. The van der Waals surface area contributed by atoms with E-state index in [4.69, 9.17) is 28.4 Å². The zero-order chi connectivity index (χ0) is 35.8. The van der Waals surface area contributed by atoms with Gasteiger partial charge in [0.15, 0.2) is 28.8 Å². The molecule has 262 valence electrons.